The van der Waals surface area contributed by atoms with E-state index in [1.165, 1.54) is 16.8 Å². The number of ether oxygens (including phenoxy) is 1. The predicted octanol–water partition coefficient (Wildman–Crippen LogP) is 3.90. The maximum atomic E-state index is 5.62. The van der Waals surface area contributed by atoms with E-state index in [9.17, 15) is 0 Å². The molecule has 1 fully saturated rings. The van der Waals surface area contributed by atoms with Crippen molar-refractivity contribution in [3.63, 3.8) is 0 Å². The number of piperazine rings is 1. The molecule has 1 aliphatic heterocycles. The highest BCUT2D eigenvalue weighted by Gasteiger charge is 2.31. The SMILES string of the molecule is COc1ccccc1N1CCN([C@@H](c2ccc(N(C)C)cc2)c2nnnn2CCc2ccccc2)CC1. The average molecular weight is 498 g/mol. The number of aryl methyl sites for hydroxylation is 2. The quantitative estimate of drug-likeness (QED) is 0.348. The Hall–Kier alpha value is -3.91. The topological polar surface area (TPSA) is 62.6 Å². The summed E-state index contributed by atoms with van der Waals surface area (Å²) in [5.74, 6) is 1.80. The van der Waals surface area contributed by atoms with E-state index in [2.05, 4.69) is 105 Å². The van der Waals surface area contributed by atoms with Crippen LogP contribution in [-0.4, -0.2) is 72.5 Å². The van der Waals surface area contributed by atoms with E-state index in [0.29, 0.717) is 0 Å². The van der Waals surface area contributed by atoms with Gasteiger partial charge in [-0.1, -0.05) is 54.6 Å². The van der Waals surface area contributed by atoms with Crippen LogP contribution in [0.1, 0.15) is 23.0 Å². The van der Waals surface area contributed by atoms with Gasteiger partial charge in [0.2, 0.25) is 0 Å². The lowest BCUT2D eigenvalue weighted by atomic mass is 10.0. The van der Waals surface area contributed by atoms with Gasteiger partial charge in [-0.3, -0.25) is 4.90 Å². The summed E-state index contributed by atoms with van der Waals surface area (Å²) in [5, 5.41) is 13.1. The summed E-state index contributed by atoms with van der Waals surface area (Å²) in [6.45, 7) is 4.32. The molecule has 0 aliphatic carbocycles. The van der Waals surface area contributed by atoms with Gasteiger partial charge in [0.1, 0.15) is 5.75 Å². The molecular formula is C29H35N7O. The van der Waals surface area contributed by atoms with Gasteiger partial charge in [0.15, 0.2) is 5.82 Å². The summed E-state index contributed by atoms with van der Waals surface area (Å²) in [7, 11) is 5.86. The van der Waals surface area contributed by atoms with Crippen LogP contribution in [-0.2, 0) is 13.0 Å². The number of methoxy groups -OCH3 is 1. The number of hydrogen-bond acceptors (Lipinski definition) is 7. The molecule has 37 heavy (non-hydrogen) atoms. The molecule has 8 nitrogen and oxygen atoms in total. The summed E-state index contributed by atoms with van der Waals surface area (Å²) in [4.78, 5) is 7.02. The van der Waals surface area contributed by atoms with E-state index in [4.69, 9.17) is 4.74 Å². The van der Waals surface area contributed by atoms with Crippen molar-refractivity contribution >= 4 is 11.4 Å². The van der Waals surface area contributed by atoms with Crippen molar-refractivity contribution in [2.24, 2.45) is 0 Å². The first kappa shape index (κ1) is 24.8. The third-order valence-electron chi connectivity index (χ3n) is 7.09. The summed E-state index contributed by atoms with van der Waals surface area (Å²) < 4.78 is 7.60. The number of rotatable bonds is 9. The molecule has 1 aromatic heterocycles. The number of anilines is 2. The predicted molar refractivity (Wildman–Crippen MR) is 147 cm³/mol. The Kier molecular flexibility index (Phi) is 7.65. The normalized spacial score (nSPS) is 14.9. The van der Waals surface area contributed by atoms with Gasteiger partial charge >= 0.3 is 0 Å². The van der Waals surface area contributed by atoms with Crippen LogP contribution < -0.4 is 14.5 Å². The first-order valence-corrected chi connectivity index (χ1v) is 12.8. The van der Waals surface area contributed by atoms with Crippen molar-refractivity contribution in [3.05, 3.63) is 95.8 Å². The van der Waals surface area contributed by atoms with Crippen LogP contribution in [0.2, 0.25) is 0 Å². The van der Waals surface area contributed by atoms with Gasteiger partial charge in [0.25, 0.3) is 0 Å². The smallest absolute Gasteiger partial charge is 0.173 e. The molecule has 0 unspecified atom stereocenters. The Labute approximate surface area is 219 Å². The molecule has 192 valence electrons. The van der Waals surface area contributed by atoms with Gasteiger partial charge in [-0.15, -0.1) is 5.10 Å². The molecule has 0 bridgehead atoms. The average Bonchev–Trinajstić information content (AvgIpc) is 3.41. The van der Waals surface area contributed by atoms with Crippen molar-refractivity contribution < 1.29 is 4.74 Å². The third-order valence-corrected chi connectivity index (χ3v) is 7.09. The maximum Gasteiger partial charge on any atom is 0.173 e. The molecule has 1 aliphatic rings. The summed E-state index contributed by atoms with van der Waals surface area (Å²) in [6.07, 6.45) is 0.882. The highest BCUT2D eigenvalue weighted by molar-refractivity contribution is 5.58. The minimum atomic E-state index is -0.0261. The van der Waals surface area contributed by atoms with E-state index in [-0.39, 0.29) is 6.04 Å². The highest BCUT2D eigenvalue weighted by Crippen LogP contribution is 2.33. The van der Waals surface area contributed by atoms with Gasteiger partial charge in [0, 0.05) is 52.5 Å². The standard InChI is InChI=1S/C29H35N7O/c1-33(2)25-15-13-24(14-16-25)28(29-30-31-32-36(29)18-17-23-9-5-4-6-10-23)35-21-19-34(20-22-35)26-11-7-8-12-27(26)37-3/h4-16,28H,17-22H2,1-3H3/t28-/m0/s1. The lowest BCUT2D eigenvalue weighted by Crippen LogP contribution is -2.48. The van der Waals surface area contributed by atoms with E-state index in [0.717, 1.165) is 56.4 Å². The second-order valence-electron chi connectivity index (χ2n) is 9.58. The maximum absolute atomic E-state index is 5.62. The number of para-hydroxylation sites is 2. The summed E-state index contributed by atoms with van der Waals surface area (Å²) in [6, 6.07) is 27.5. The second kappa shape index (κ2) is 11.4. The molecule has 4 aromatic rings. The molecular weight excluding hydrogens is 462 g/mol. The van der Waals surface area contributed by atoms with Gasteiger partial charge < -0.3 is 14.5 Å². The fraction of sp³-hybridized carbons (Fsp3) is 0.345. The van der Waals surface area contributed by atoms with Crippen molar-refractivity contribution in [2.45, 2.75) is 19.0 Å². The van der Waals surface area contributed by atoms with Crippen molar-refractivity contribution in [3.8, 4) is 5.75 Å². The van der Waals surface area contributed by atoms with Crippen LogP contribution in [0.3, 0.4) is 0 Å². The Morgan fingerprint density at radius 3 is 2.27 bits per heavy atom. The molecule has 5 rings (SSSR count). The summed E-state index contributed by atoms with van der Waals surface area (Å²) in [5.41, 5.74) is 4.80. The zero-order valence-electron chi connectivity index (χ0n) is 21.9. The third kappa shape index (κ3) is 5.59. The van der Waals surface area contributed by atoms with E-state index < -0.39 is 0 Å². The van der Waals surface area contributed by atoms with Gasteiger partial charge in [-0.05, 0) is 52.2 Å². The number of aromatic nitrogens is 4. The summed E-state index contributed by atoms with van der Waals surface area (Å²) >= 11 is 0. The van der Waals surface area contributed by atoms with Crippen LogP contribution in [0, 0.1) is 0 Å². The van der Waals surface area contributed by atoms with Gasteiger partial charge in [-0.25, -0.2) is 4.68 Å². The minimum Gasteiger partial charge on any atom is -0.495 e. The van der Waals surface area contributed by atoms with Crippen LogP contribution in [0.25, 0.3) is 0 Å². The van der Waals surface area contributed by atoms with Crippen molar-refractivity contribution in [1.82, 2.24) is 25.1 Å². The van der Waals surface area contributed by atoms with Crippen LogP contribution in [0.15, 0.2) is 78.9 Å². The highest BCUT2D eigenvalue weighted by atomic mass is 16.5. The lowest BCUT2D eigenvalue weighted by Gasteiger charge is -2.40. The van der Waals surface area contributed by atoms with E-state index >= 15 is 0 Å². The first-order valence-electron chi connectivity index (χ1n) is 12.8. The zero-order valence-corrected chi connectivity index (χ0v) is 21.9. The lowest BCUT2D eigenvalue weighted by molar-refractivity contribution is 0.200. The Balaban J connectivity index is 1.40. The van der Waals surface area contributed by atoms with Crippen LogP contribution in [0.5, 0.6) is 5.75 Å². The molecule has 1 saturated heterocycles. The number of hydrogen-bond donors (Lipinski definition) is 0. The molecule has 0 radical (unpaired) electrons. The van der Waals surface area contributed by atoms with Gasteiger partial charge in [0.05, 0.1) is 18.8 Å². The molecule has 0 spiro atoms. The largest absolute Gasteiger partial charge is 0.495 e. The molecule has 0 amide bonds. The molecule has 0 N–H and O–H groups in total. The number of tetrazole rings is 1. The van der Waals surface area contributed by atoms with E-state index in [1.54, 1.807) is 7.11 Å². The fourth-order valence-electron chi connectivity index (χ4n) is 5.04. The van der Waals surface area contributed by atoms with Crippen molar-refractivity contribution in [1.29, 1.82) is 0 Å². The molecule has 1 atom stereocenters. The molecule has 0 saturated carbocycles. The molecule has 8 heteroatoms. The first-order chi connectivity index (χ1) is 18.1. The molecule has 2 heterocycles. The fourth-order valence-corrected chi connectivity index (χ4v) is 5.04. The molecule has 3 aromatic carbocycles. The van der Waals surface area contributed by atoms with Crippen LogP contribution >= 0.6 is 0 Å². The monoisotopic (exact) mass is 497 g/mol. The number of nitrogens with zero attached hydrogens (tertiary/aromatic N) is 7. The minimum absolute atomic E-state index is 0.0261. The van der Waals surface area contributed by atoms with Crippen molar-refractivity contribution in [2.75, 3.05) is 57.2 Å². The zero-order chi connectivity index (χ0) is 25.6. The Morgan fingerprint density at radius 2 is 1.57 bits per heavy atom. The number of benzene rings is 3. The van der Waals surface area contributed by atoms with E-state index in [1.807, 2.05) is 22.9 Å². The second-order valence-corrected chi connectivity index (χ2v) is 9.58. The van der Waals surface area contributed by atoms with Gasteiger partial charge in [-0.2, -0.15) is 0 Å². The Bertz CT molecular complexity index is 1260. The van der Waals surface area contributed by atoms with Crippen LogP contribution in [0.4, 0.5) is 11.4 Å². The Morgan fingerprint density at radius 1 is 0.865 bits per heavy atom.